The van der Waals surface area contributed by atoms with Crippen LogP contribution in [-0.2, 0) is 5.41 Å². The zero-order valence-electron chi connectivity index (χ0n) is 10.4. The van der Waals surface area contributed by atoms with Crippen molar-refractivity contribution in [3.05, 3.63) is 29.3 Å². The number of halogens is 2. The minimum atomic E-state index is -3.15. The van der Waals surface area contributed by atoms with Gasteiger partial charge in [0, 0.05) is 12.5 Å². The SMILES string of the molecule is Cc1cccc(C(C)(C)C)c1OC(C)(F)F. The summed E-state index contributed by atoms with van der Waals surface area (Å²) in [7, 11) is 0. The van der Waals surface area contributed by atoms with Gasteiger partial charge in [0.2, 0.25) is 0 Å². The van der Waals surface area contributed by atoms with Crippen LogP contribution in [0.3, 0.4) is 0 Å². The zero-order valence-corrected chi connectivity index (χ0v) is 10.4. The Morgan fingerprint density at radius 1 is 1.06 bits per heavy atom. The molecular weight excluding hydrogens is 210 g/mol. The molecule has 0 saturated carbocycles. The van der Waals surface area contributed by atoms with E-state index >= 15 is 0 Å². The van der Waals surface area contributed by atoms with Gasteiger partial charge in [-0.25, -0.2) is 0 Å². The maximum absolute atomic E-state index is 12.9. The van der Waals surface area contributed by atoms with Crippen LogP contribution in [0.2, 0.25) is 0 Å². The molecule has 0 aliphatic heterocycles. The smallest absolute Gasteiger partial charge is 0.394 e. The van der Waals surface area contributed by atoms with Crippen molar-refractivity contribution in [2.24, 2.45) is 0 Å². The van der Waals surface area contributed by atoms with Gasteiger partial charge in [-0.2, -0.15) is 8.78 Å². The molecule has 0 amide bonds. The molecule has 0 aliphatic rings. The largest absolute Gasteiger partial charge is 0.432 e. The number of hydrogen-bond acceptors (Lipinski definition) is 1. The van der Waals surface area contributed by atoms with Crippen molar-refractivity contribution in [2.45, 2.75) is 46.1 Å². The first-order chi connectivity index (χ1) is 7.11. The van der Waals surface area contributed by atoms with Gasteiger partial charge in [0.15, 0.2) is 0 Å². The second-order valence-corrected chi connectivity index (χ2v) is 5.11. The van der Waals surface area contributed by atoms with Gasteiger partial charge in [-0.1, -0.05) is 39.0 Å². The van der Waals surface area contributed by atoms with E-state index in [2.05, 4.69) is 0 Å². The summed E-state index contributed by atoms with van der Waals surface area (Å²) in [4.78, 5) is 0. The van der Waals surface area contributed by atoms with Gasteiger partial charge in [-0.05, 0) is 17.9 Å². The molecule has 1 rings (SSSR count). The highest BCUT2D eigenvalue weighted by atomic mass is 19.3. The summed E-state index contributed by atoms with van der Waals surface area (Å²) in [6.07, 6.45) is -3.15. The van der Waals surface area contributed by atoms with Gasteiger partial charge in [-0.3, -0.25) is 0 Å². The lowest BCUT2D eigenvalue weighted by Gasteiger charge is -2.25. The lowest BCUT2D eigenvalue weighted by Crippen LogP contribution is -2.23. The molecule has 1 nitrogen and oxygen atoms in total. The van der Waals surface area contributed by atoms with Crippen LogP contribution < -0.4 is 4.74 Å². The van der Waals surface area contributed by atoms with E-state index in [1.807, 2.05) is 32.9 Å². The van der Waals surface area contributed by atoms with E-state index < -0.39 is 6.11 Å². The Balaban J connectivity index is 3.25. The Morgan fingerprint density at radius 2 is 1.62 bits per heavy atom. The quantitative estimate of drug-likeness (QED) is 0.734. The van der Waals surface area contributed by atoms with Crippen LogP contribution in [0.15, 0.2) is 18.2 Å². The van der Waals surface area contributed by atoms with Gasteiger partial charge in [-0.15, -0.1) is 0 Å². The van der Waals surface area contributed by atoms with E-state index in [1.165, 1.54) is 0 Å². The van der Waals surface area contributed by atoms with Crippen molar-refractivity contribution >= 4 is 0 Å². The molecule has 0 bridgehead atoms. The van der Waals surface area contributed by atoms with E-state index in [4.69, 9.17) is 4.74 Å². The first-order valence-corrected chi connectivity index (χ1v) is 5.28. The number of alkyl halides is 2. The van der Waals surface area contributed by atoms with Crippen LogP contribution >= 0.6 is 0 Å². The van der Waals surface area contributed by atoms with Crippen molar-refractivity contribution in [3.8, 4) is 5.75 Å². The van der Waals surface area contributed by atoms with Gasteiger partial charge in [0.25, 0.3) is 0 Å². The van der Waals surface area contributed by atoms with Crippen molar-refractivity contribution in [1.82, 2.24) is 0 Å². The van der Waals surface area contributed by atoms with Crippen LogP contribution in [0.5, 0.6) is 5.75 Å². The lowest BCUT2D eigenvalue weighted by molar-refractivity contribution is -0.159. The summed E-state index contributed by atoms with van der Waals surface area (Å²) in [6.45, 7) is 8.45. The van der Waals surface area contributed by atoms with Crippen LogP contribution in [-0.4, -0.2) is 6.11 Å². The minimum Gasteiger partial charge on any atom is -0.432 e. The molecule has 0 atom stereocenters. The molecular formula is C13H18F2O. The number of rotatable bonds is 2. The van der Waals surface area contributed by atoms with Crippen molar-refractivity contribution in [3.63, 3.8) is 0 Å². The van der Waals surface area contributed by atoms with Gasteiger partial charge in [0.1, 0.15) is 5.75 Å². The van der Waals surface area contributed by atoms with E-state index in [0.29, 0.717) is 5.75 Å². The topological polar surface area (TPSA) is 9.23 Å². The fourth-order valence-electron chi connectivity index (χ4n) is 1.56. The minimum absolute atomic E-state index is 0.216. The second kappa shape index (κ2) is 4.04. The number of para-hydroxylation sites is 1. The highest BCUT2D eigenvalue weighted by molar-refractivity contribution is 5.44. The Kier molecular flexibility index (Phi) is 3.27. The average molecular weight is 228 g/mol. The average Bonchev–Trinajstić information content (AvgIpc) is 2.04. The molecule has 3 heteroatoms. The number of ether oxygens (including phenoxy) is 1. The Bertz CT molecular complexity index is 372. The lowest BCUT2D eigenvalue weighted by atomic mass is 9.85. The fourth-order valence-corrected chi connectivity index (χ4v) is 1.56. The van der Waals surface area contributed by atoms with Gasteiger partial charge >= 0.3 is 6.11 Å². The second-order valence-electron chi connectivity index (χ2n) is 5.11. The first kappa shape index (κ1) is 12.9. The van der Waals surface area contributed by atoms with E-state index in [0.717, 1.165) is 18.1 Å². The molecule has 0 aromatic heterocycles. The Labute approximate surface area is 95.4 Å². The zero-order chi connectivity index (χ0) is 12.6. The monoisotopic (exact) mass is 228 g/mol. The third-order valence-electron chi connectivity index (χ3n) is 2.30. The third kappa shape index (κ3) is 3.19. The third-order valence-corrected chi connectivity index (χ3v) is 2.30. The molecule has 0 aliphatic carbocycles. The van der Waals surface area contributed by atoms with Crippen LogP contribution in [0.1, 0.15) is 38.8 Å². The molecule has 0 N–H and O–H groups in total. The predicted molar refractivity (Wildman–Crippen MR) is 61.1 cm³/mol. The van der Waals surface area contributed by atoms with Crippen molar-refractivity contribution < 1.29 is 13.5 Å². The summed E-state index contributed by atoms with van der Waals surface area (Å²) in [5.74, 6) is 0.294. The van der Waals surface area contributed by atoms with E-state index in [1.54, 1.807) is 13.0 Å². The summed E-state index contributed by atoms with van der Waals surface area (Å²) < 4.78 is 30.6. The highest BCUT2D eigenvalue weighted by Gasteiger charge is 2.28. The summed E-state index contributed by atoms with van der Waals surface area (Å²) >= 11 is 0. The number of hydrogen-bond donors (Lipinski definition) is 0. The molecule has 0 fully saturated rings. The normalized spacial score (nSPS) is 12.7. The van der Waals surface area contributed by atoms with Gasteiger partial charge < -0.3 is 4.74 Å². The molecule has 90 valence electrons. The van der Waals surface area contributed by atoms with Crippen LogP contribution in [0, 0.1) is 6.92 Å². The van der Waals surface area contributed by atoms with Gasteiger partial charge in [0.05, 0.1) is 0 Å². The summed E-state index contributed by atoms with van der Waals surface area (Å²) in [5.41, 5.74) is 1.31. The highest BCUT2D eigenvalue weighted by Crippen LogP contribution is 2.36. The molecule has 16 heavy (non-hydrogen) atoms. The molecule has 1 aromatic rings. The Hall–Kier alpha value is -1.12. The Morgan fingerprint density at radius 3 is 2.06 bits per heavy atom. The first-order valence-electron chi connectivity index (χ1n) is 5.28. The summed E-state index contributed by atoms with van der Waals surface area (Å²) in [5, 5.41) is 0. The van der Waals surface area contributed by atoms with Crippen LogP contribution in [0.4, 0.5) is 8.78 Å². The van der Waals surface area contributed by atoms with Crippen molar-refractivity contribution in [2.75, 3.05) is 0 Å². The number of aryl methyl sites for hydroxylation is 1. The standard InChI is InChI=1S/C13H18F2O/c1-9-7-6-8-10(12(2,3)4)11(9)16-13(5,14)15/h6-8H,1-5H3. The van der Waals surface area contributed by atoms with E-state index in [-0.39, 0.29) is 5.41 Å². The fraction of sp³-hybridized carbons (Fsp3) is 0.538. The van der Waals surface area contributed by atoms with E-state index in [9.17, 15) is 8.78 Å². The molecule has 1 aromatic carbocycles. The predicted octanol–water partition coefficient (Wildman–Crippen LogP) is 4.28. The number of benzene rings is 1. The maximum atomic E-state index is 12.9. The molecule has 0 radical (unpaired) electrons. The molecule has 0 saturated heterocycles. The van der Waals surface area contributed by atoms with Crippen LogP contribution in [0.25, 0.3) is 0 Å². The molecule has 0 spiro atoms. The molecule has 0 heterocycles. The van der Waals surface area contributed by atoms with Crippen molar-refractivity contribution in [1.29, 1.82) is 0 Å². The summed E-state index contributed by atoms with van der Waals surface area (Å²) in [6, 6.07) is 5.46. The maximum Gasteiger partial charge on any atom is 0.394 e. The molecule has 0 unspecified atom stereocenters.